The van der Waals surface area contributed by atoms with E-state index in [4.69, 9.17) is 4.42 Å². The van der Waals surface area contributed by atoms with Crippen LogP contribution in [-0.2, 0) is 17.8 Å². The van der Waals surface area contributed by atoms with Crippen LogP contribution in [0.1, 0.15) is 21.8 Å². The second-order valence-corrected chi connectivity index (χ2v) is 4.24. The van der Waals surface area contributed by atoms with Gasteiger partial charge in [-0.25, -0.2) is 4.98 Å². The number of hydrogen-bond donors (Lipinski definition) is 2. The van der Waals surface area contributed by atoms with E-state index in [1.54, 1.807) is 0 Å². The molecule has 6 nitrogen and oxygen atoms in total. The number of carbonyl (C=O) groups is 2. The molecular weight excluding hydrogens is 246 g/mol. The standard InChI is InChI=1S/C13H11N3O3/c17-11-6-9-5-8(1-2-10(9)16-11)7-15-12(18)13-14-3-4-19-13/h1-5H,6-7H2,(H,15,18)(H,16,17). The van der Waals surface area contributed by atoms with Crippen molar-refractivity contribution in [1.82, 2.24) is 10.3 Å². The average Bonchev–Trinajstić information content (AvgIpc) is 3.03. The minimum Gasteiger partial charge on any atom is -0.441 e. The Labute approximate surface area is 108 Å². The van der Waals surface area contributed by atoms with Crippen LogP contribution in [0.3, 0.4) is 0 Å². The quantitative estimate of drug-likeness (QED) is 0.862. The van der Waals surface area contributed by atoms with Crippen molar-refractivity contribution in [3.63, 3.8) is 0 Å². The molecule has 2 aromatic rings. The van der Waals surface area contributed by atoms with Gasteiger partial charge in [-0.05, 0) is 17.2 Å². The Morgan fingerprint density at radius 3 is 3.16 bits per heavy atom. The molecule has 0 unspecified atom stereocenters. The van der Waals surface area contributed by atoms with Gasteiger partial charge in [-0.15, -0.1) is 0 Å². The molecule has 3 rings (SSSR count). The Bertz CT molecular complexity index is 635. The summed E-state index contributed by atoms with van der Waals surface area (Å²) in [5.74, 6) is -0.325. The summed E-state index contributed by atoms with van der Waals surface area (Å²) in [7, 11) is 0. The first kappa shape index (κ1) is 11.5. The van der Waals surface area contributed by atoms with E-state index in [1.165, 1.54) is 12.5 Å². The van der Waals surface area contributed by atoms with Crippen molar-refractivity contribution in [1.29, 1.82) is 0 Å². The first-order chi connectivity index (χ1) is 9.22. The van der Waals surface area contributed by atoms with Crippen LogP contribution in [0, 0.1) is 0 Å². The zero-order valence-corrected chi connectivity index (χ0v) is 9.97. The lowest BCUT2D eigenvalue weighted by atomic mass is 10.1. The third kappa shape index (κ3) is 2.33. The summed E-state index contributed by atoms with van der Waals surface area (Å²) >= 11 is 0. The van der Waals surface area contributed by atoms with Crippen LogP contribution in [0.25, 0.3) is 0 Å². The molecule has 6 heteroatoms. The SMILES string of the molecule is O=C1Cc2cc(CNC(=O)c3ncco3)ccc2N1. The van der Waals surface area contributed by atoms with Gasteiger partial charge in [0.05, 0.1) is 12.6 Å². The Balaban J connectivity index is 1.67. The maximum absolute atomic E-state index is 11.6. The predicted molar refractivity (Wildman–Crippen MR) is 66.4 cm³/mol. The number of benzene rings is 1. The van der Waals surface area contributed by atoms with E-state index in [9.17, 15) is 9.59 Å². The third-order valence-corrected chi connectivity index (χ3v) is 2.87. The molecule has 1 aromatic carbocycles. The molecule has 1 aromatic heterocycles. The van der Waals surface area contributed by atoms with Gasteiger partial charge in [0.25, 0.3) is 5.89 Å². The lowest BCUT2D eigenvalue weighted by molar-refractivity contribution is -0.115. The minimum absolute atomic E-state index is 0.00373. The molecule has 2 heterocycles. The number of oxazole rings is 1. The number of anilines is 1. The highest BCUT2D eigenvalue weighted by Crippen LogP contribution is 2.23. The fraction of sp³-hybridized carbons (Fsp3) is 0.154. The van der Waals surface area contributed by atoms with Crippen molar-refractivity contribution >= 4 is 17.5 Å². The van der Waals surface area contributed by atoms with Crippen molar-refractivity contribution in [3.8, 4) is 0 Å². The number of nitrogens with one attached hydrogen (secondary N) is 2. The monoisotopic (exact) mass is 257 g/mol. The molecule has 0 saturated carbocycles. The molecule has 1 aliphatic heterocycles. The second-order valence-electron chi connectivity index (χ2n) is 4.24. The summed E-state index contributed by atoms with van der Waals surface area (Å²) in [5.41, 5.74) is 2.72. The van der Waals surface area contributed by atoms with Crippen LogP contribution in [0.5, 0.6) is 0 Å². The molecule has 2 N–H and O–H groups in total. The minimum atomic E-state index is -0.361. The lowest BCUT2D eigenvalue weighted by Gasteiger charge is -2.05. The maximum Gasteiger partial charge on any atom is 0.307 e. The zero-order valence-electron chi connectivity index (χ0n) is 9.97. The van der Waals surface area contributed by atoms with E-state index in [2.05, 4.69) is 15.6 Å². The number of fused-ring (bicyclic) bond motifs is 1. The highest BCUT2D eigenvalue weighted by atomic mass is 16.3. The largest absolute Gasteiger partial charge is 0.441 e. The predicted octanol–water partition coefficient (Wildman–Crippen LogP) is 1.10. The van der Waals surface area contributed by atoms with Gasteiger partial charge in [-0.3, -0.25) is 9.59 Å². The van der Waals surface area contributed by atoms with Crippen LogP contribution >= 0.6 is 0 Å². The molecule has 0 radical (unpaired) electrons. The van der Waals surface area contributed by atoms with Crippen LogP contribution in [0.4, 0.5) is 5.69 Å². The van der Waals surface area contributed by atoms with Crippen molar-refractivity contribution in [3.05, 3.63) is 47.7 Å². The zero-order chi connectivity index (χ0) is 13.2. The molecule has 0 saturated heterocycles. The Hall–Kier alpha value is -2.63. The van der Waals surface area contributed by atoms with Crippen LogP contribution in [0.15, 0.2) is 35.1 Å². The van der Waals surface area contributed by atoms with Crippen LogP contribution in [-0.4, -0.2) is 16.8 Å². The normalized spacial score (nSPS) is 12.9. The van der Waals surface area contributed by atoms with Crippen molar-refractivity contribution in [2.45, 2.75) is 13.0 Å². The molecule has 0 fully saturated rings. The molecule has 0 bridgehead atoms. The van der Waals surface area contributed by atoms with Crippen LogP contribution in [0.2, 0.25) is 0 Å². The molecule has 2 amide bonds. The Morgan fingerprint density at radius 1 is 1.47 bits per heavy atom. The summed E-state index contributed by atoms with van der Waals surface area (Å²) in [6.07, 6.45) is 3.15. The summed E-state index contributed by atoms with van der Waals surface area (Å²) in [4.78, 5) is 26.6. The summed E-state index contributed by atoms with van der Waals surface area (Å²) in [5, 5.41) is 5.46. The van der Waals surface area contributed by atoms with E-state index in [-0.39, 0.29) is 17.7 Å². The molecule has 0 atom stereocenters. The first-order valence-corrected chi connectivity index (χ1v) is 5.82. The average molecular weight is 257 g/mol. The highest BCUT2D eigenvalue weighted by Gasteiger charge is 2.17. The van der Waals surface area contributed by atoms with Gasteiger partial charge in [-0.1, -0.05) is 12.1 Å². The molecule has 0 aliphatic carbocycles. The fourth-order valence-corrected chi connectivity index (χ4v) is 1.99. The maximum atomic E-state index is 11.6. The Morgan fingerprint density at radius 2 is 2.37 bits per heavy atom. The molecular formula is C13H11N3O3. The number of rotatable bonds is 3. The summed E-state index contributed by atoms with van der Waals surface area (Å²) in [6, 6.07) is 5.61. The molecule has 1 aliphatic rings. The number of hydrogen-bond acceptors (Lipinski definition) is 4. The van der Waals surface area contributed by atoms with Gasteiger partial charge in [-0.2, -0.15) is 0 Å². The topological polar surface area (TPSA) is 84.2 Å². The summed E-state index contributed by atoms with van der Waals surface area (Å²) < 4.78 is 4.89. The smallest absolute Gasteiger partial charge is 0.307 e. The number of nitrogens with zero attached hydrogens (tertiary/aromatic N) is 1. The van der Waals surface area contributed by atoms with Gasteiger partial charge < -0.3 is 15.1 Å². The van der Waals surface area contributed by atoms with Crippen LogP contribution < -0.4 is 10.6 Å². The van der Waals surface area contributed by atoms with Gasteiger partial charge in [0, 0.05) is 12.2 Å². The van der Waals surface area contributed by atoms with Gasteiger partial charge >= 0.3 is 5.91 Å². The van der Waals surface area contributed by atoms with Gasteiger partial charge in [0.1, 0.15) is 6.26 Å². The Kier molecular flexibility index (Phi) is 2.75. The van der Waals surface area contributed by atoms with E-state index in [0.717, 1.165) is 16.8 Å². The fourth-order valence-electron chi connectivity index (χ4n) is 1.99. The number of aromatic nitrogens is 1. The van der Waals surface area contributed by atoms with Crippen molar-refractivity contribution < 1.29 is 14.0 Å². The number of carbonyl (C=O) groups excluding carboxylic acids is 2. The van der Waals surface area contributed by atoms with E-state index in [0.29, 0.717) is 13.0 Å². The number of amides is 2. The van der Waals surface area contributed by atoms with Crippen molar-refractivity contribution in [2.24, 2.45) is 0 Å². The summed E-state index contributed by atoms with van der Waals surface area (Å²) in [6.45, 7) is 0.364. The van der Waals surface area contributed by atoms with Crippen molar-refractivity contribution in [2.75, 3.05) is 5.32 Å². The third-order valence-electron chi connectivity index (χ3n) is 2.87. The first-order valence-electron chi connectivity index (χ1n) is 5.82. The van der Waals surface area contributed by atoms with E-state index >= 15 is 0 Å². The van der Waals surface area contributed by atoms with Gasteiger partial charge in [0.15, 0.2) is 0 Å². The second kappa shape index (κ2) is 4.56. The van der Waals surface area contributed by atoms with Gasteiger partial charge in [0.2, 0.25) is 5.91 Å². The molecule has 19 heavy (non-hydrogen) atoms. The molecule has 0 spiro atoms. The van der Waals surface area contributed by atoms with E-state index < -0.39 is 0 Å². The lowest BCUT2D eigenvalue weighted by Crippen LogP contribution is -2.23. The van der Waals surface area contributed by atoms with E-state index in [1.807, 2.05) is 18.2 Å². The highest BCUT2D eigenvalue weighted by molar-refractivity contribution is 5.99. The molecule has 96 valence electrons.